The van der Waals surface area contributed by atoms with Crippen molar-refractivity contribution in [2.75, 3.05) is 60.6 Å². The molecule has 0 heterocycles. The number of hydrogen-bond acceptors (Lipinski definition) is 5. The van der Waals surface area contributed by atoms with Gasteiger partial charge in [-0.1, -0.05) is 116 Å². The summed E-state index contributed by atoms with van der Waals surface area (Å²) < 4.78 is 29.4. The fraction of sp³-hybridized carbons (Fsp3) is 0.968. The number of carbonyl (C=O) groups is 1. The molecule has 0 fully saturated rings. The lowest BCUT2D eigenvalue weighted by Gasteiger charge is -2.27. The fourth-order valence-corrected chi connectivity index (χ4v) is 5.58. The van der Waals surface area contributed by atoms with Gasteiger partial charge in [0.2, 0.25) is 0 Å². The number of rotatable bonds is 30. The van der Waals surface area contributed by atoms with Crippen molar-refractivity contribution in [3.05, 3.63) is 0 Å². The predicted molar refractivity (Wildman–Crippen MR) is 170 cm³/mol. The molecule has 9 nitrogen and oxygen atoms in total. The first-order valence-electron chi connectivity index (χ1n) is 16.6. The highest BCUT2D eigenvalue weighted by Crippen LogP contribution is 2.44. The Morgan fingerprint density at radius 1 is 0.780 bits per heavy atom. The molecule has 2 unspecified atom stereocenters. The maximum atomic E-state index is 12.5. The van der Waals surface area contributed by atoms with Crippen molar-refractivity contribution in [3.8, 4) is 0 Å². The van der Waals surface area contributed by atoms with Gasteiger partial charge in [-0.2, -0.15) is 0 Å². The van der Waals surface area contributed by atoms with Crippen molar-refractivity contribution in [2.24, 2.45) is 5.73 Å². The van der Waals surface area contributed by atoms with E-state index in [1.807, 2.05) is 21.1 Å². The highest BCUT2D eigenvalue weighted by Gasteiger charge is 2.29. The summed E-state index contributed by atoms with van der Waals surface area (Å²) in [5.41, 5.74) is 5.42. The Labute approximate surface area is 253 Å². The summed E-state index contributed by atoms with van der Waals surface area (Å²) in [5.74, 6) is 0. The number of phosphoric ester groups is 1. The zero-order valence-corrected chi connectivity index (χ0v) is 28.3. The van der Waals surface area contributed by atoms with Gasteiger partial charge in [-0.3, -0.25) is 9.05 Å². The number of urea groups is 1. The molecule has 0 aromatic carbocycles. The molecule has 0 saturated heterocycles. The Kier molecular flexibility index (Phi) is 25.3. The van der Waals surface area contributed by atoms with Gasteiger partial charge in [0.25, 0.3) is 0 Å². The molecule has 3 N–H and O–H groups in total. The topological polar surface area (TPSA) is 111 Å². The van der Waals surface area contributed by atoms with E-state index in [9.17, 15) is 14.3 Å². The number of likely N-dealkylation sites (N-methyl/N-ethyl adjacent to an activating group) is 2. The Morgan fingerprint density at radius 2 is 1.22 bits per heavy atom. The lowest BCUT2D eigenvalue weighted by atomic mass is 10.0. The van der Waals surface area contributed by atoms with Crippen molar-refractivity contribution in [2.45, 2.75) is 136 Å². The van der Waals surface area contributed by atoms with E-state index in [4.69, 9.17) is 19.5 Å². The largest absolute Gasteiger partial charge is 0.472 e. The van der Waals surface area contributed by atoms with Crippen LogP contribution in [0.4, 0.5) is 4.79 Å². The van der Waals surface area contributed by atoms with Crippen LogP contribution in [-0.2, 0) is 18.3 Å². The molecule has 2 amide bonds. The molecule has 0 saturated carbocycles. The van der Waals surface area contributed by atoms with Crippen LogP contribution in [0.1, 0.15) is 129 Å². The maximum absolute atomic E-state index is 12.5. The Hall–Kier alpha value is -0.700. The maximum Gasteiger partial charge on any atom is 0.472 e. The van der Waals surface area contributed by atoms with Crippen LogP contribution in [-0.4, -0.2) is 87.0 Å². The Morgan fingerprint density at radius 3 is 1.61 bits per heavy atom. The van der Waals surface area contributed by atoms with Gasteiger partial charge in [-0.05, 0) is 13.3 Å². The van der Waals surface area contributed by atoms with Crippen molar-refractivity contribution in [1.29, 1.82) is 0 Å². The number of phosphoric acid groups is 1. The van der Waals surface area contributed by atoms with Crippen LogP contribution in [0.2, 0.25) is 0 Å². The third-order valence-corrected chi connectivity index (χ3v) is 8.44. The number of carbonyl (C=O) groups excluding carboxylic acids is 1. The van der Waals surface area contributed by atoms with Crippen molar-refractivity contribution in [3.63, 3.8) is 0 Å². The van der Waals surface area contributed by atoms with Crippen LogP contribution in [0.15, 0.2) is 0 Å². The van der Waals surface area contributed by atoms with E-state index in [0.717, 1.165) is 12.8 Å². The third kappa shape index (κ3) is 27.9. The number of amides is 2. The number of ether oxygens (including phenoxy) is 1. The van der Waals surface area contributed by atoms with Gasteiger partial charge in [0, 0.05) is 13.2 Å². The second-order valence-corrected chi connectivity index (χ2v) is 13.9. The minimum absolute atomic E-state index is 0.0637. The predicted octanol–water partition coefficient (Wildman–Crippen LogP) is 7.65. The van der Waals surface area contributed by atoms with Crippen molar-refractivity contribution in [1.82, 2.24) is 4.90 Å². The van der Waals surface area contributed by atoms with Crippen LogP contribution in [0.5, 0.6) is 0 Å². The number of unbranched alkanes of at least 4 members (excludes halogenated alkanes) is 17. The standard InChI is InChI=1S/C31H66N3O6P/c1-6-8-9-10-11-12-13-14-15-16-17-18-19-20-21-22-23-24-26-38-29-30(28-33(7-2)31(32)35)40-41(36,37)39-27-25-34(3,4)5/h30H,6-29H2,1-5H3,(H2-,32,35,36,37)/p+1. The second-order valence-electron chi connectivity index (χ2n) is 12.5. The van der Waals surface area contributed by atoms with E-state index in [2.05, 4.69) is 6.92 Å². The van der Waals surface area contributed by atoms with Gasteiger partial charge in [0.05, 0.1) is 34.3 Å². The molecule has 2 atom stereocenters. The van der Waals surface area contributed by atoms with E-state index in [0.29, 0.717) is 24.2 Å². The molecule has 0 aliphatic heterocycles. The molecule has 0 aliphatic carbocycles. The van der Waals surface area contributed by atoms with Crippen LogP contribution in [0.3, 0.4) is 0 Å². The van der Waals surface area contributed by atoms with Gasteiger partial charge >= 0.3 is 13.9 Å². The zero-order valence-electron chi connectivity index (χ0n) is 27.5. The first-order valence-corrected chi connectivity index (χ1v) is 18.1. The quantitative estimate of drug-likeness (QED) is 0.0492. The minimum atomic E-state index is -4.30. The summed E-state index contributed by atoms with van der Waals surface area (Å²) in [6, 6.07) is -0.608. The lowest BCUT2D eigenvalue weighted by molar-refractivity contribution is -0.870. The summed E-state index contributed by atoms with van der Waals surface area (Å²) in [6.45, 7) is 5.76. The molecular formula is C31H67N3O6P+. The van der Waals surface area contributed by atoms with Crippen LogP contribution in [0, 0.1) is 0 Å². The lowest BCUT2D eigenvalue weighted by Crippen LogP contribution is -2.43. The average Bonchev–Trinajstić information content (AvgIpc) is 2.89. The summed E-state index contributed by atoms with van der Waals surface area (Å²) in [4.78, 5) is 23.2. The number of quaternary nitrogens is 1. The van der Waals surface area contributed by atoms with E-state index in [-0.39, 0.29) is 19.8 Å². The molecule has 0 radical (unpaired) electrons. The normalized spacial score (nSPS) is 14.2. The first kappa shape index (κ1) is 40.3. The average molecular weight is 609 g/mol. The summed E-state index contributed by atoms with van der Waals surface area (Å²) >= 11 is 0. The molecular weight excluding hydrogens is 541 g/mol. The highest BCUT2D eigenvalue weighted by atomic mass is 31.2. The van der Waals surface area contributed by atoms with E-state index in [1.54, 1.807) is 6.92 Å². The van der Waals surface area contributed by atoms with Crippen LogP contribution >= 0.6 is 7.82 Å². The second kappa shape index (κ2) is 25.8. The van der Waals surface area contributed by atoms with Crippen LogP contribution in [0.25, 0.3) is 0 Å². The van der Waals surface area contributed by atoms with Crippen LogP contribution < -0.4 is 5.73 Å². The van der Waals surface area contributed by atoms with Gasteiger partial charge < -0.3 is 24.7 Å². The molecule has 0 aromatic rings. The number of hydrogen-bond donors (Lipinski definition) is 2. The Bertz CT molecular complexity index is 662. The molecule has 246 valence electrons. The summed E-state index contributed by atoms with van der Waals surface area (Å²) in [5, 5.41) is 0. The molecule has 0 spiro atoms. The molecule has 41 heavy (non-hydrogen) atoms. The molecule has 0 bridgehead atoms. The minimum Gasteiger partial charge on any atom is -0.379 e. The smallest absolute Gasteiger partial charge is 0.379 e. The summed E-state index contributed by atoms with van der Waals surface area (Å²) in [6.07, 6.45) is 23.1. The molecule has 0 aromatic heterocycles. The summed E-state index contributed by atoms with van der Waals surface area (Å²) in [7, 11) is 1.61. The van der Waals surface area contributed by atoms with Gasteiger partial charge in [0.15, 0.2) is 0 Å². The van der Waals surface area contributed by atoms with Crippen molar-refractivity contribution < 1.29 is 32.5 Å². The number of nitrogens with two attached hydrogens (primary N) is 1. The monoisotopic (exact) mass is 608 g/mol. The molecule has 10 heteroatoms. The van der Waals surface area contributed by atoms with E-state index >= 15 is 0 Å². The van der Waals surface area contributed by atoms with Crippen molar-refractivity contribution >= 4 is 13.9 Å². The third-order valence-electron chi connectivity index (χ3n) is 7.36. The van der Waals surface area contributed by atoms with Gasteiger partial charge in [0.1, 0.15) is 19.3 Å². The first-order chi connectivity index (χ1) is 19.5. The molecule has 0 rings (SSSR count). The highest BCUT2D eigenvalue weighted by molar-refractivity contribution is 7.47. The van der Waals surface area contributed by atoms with E-state index < -0.39 is 20.0 Å². The molecule has 0 aliphatic rings. The SMILES string of the molecule is CCCCCCCCCCCCCCCCCCCCOCC(CN(CC)C(N)=O)OP(=O)(O)OCC[N+](C)(C)C. The number of primary amides is 1. The fourth-order valence-electron chi connectivity index (χ4n) is 4.71. The van der Waals surface area contributed by atoms with Gasteiger partial charge in [-0.25, -0.2) is 9.36 Å². The van der Waals surface area contributed by atoms with E-state index in [1.165, 1.54) is 108 Å². The zero-order chi connectivity index (χ0) is 30.8. The number of nitrogens with zero attached hydrogens (tertiary/aromatic N) is 2. The Balaban J connectivity index is 3.93. The van der Waals surface area contributed by atoms with Gasteiger partial charge in [-0.15, -0.1) is 0 Å².